The molecule has 0 unspecified atom stereocenters. The minimum absolute atomic E-state index is 0.0743. The molecule has 1 amide bonds. The first-order valence-electron chi connectivity index (χ1n) is 9.57. The summed E-state index contributed by atoms with van der Waals surface area (Å²) in [7, 11) is -1.70. The Morgan fingerprint density at radius 3 is 2.48 bits per heavy atom. The van der Waals surface area contributed by atoms with Crippen LogP contribution in [0.15, 0.2) is 35.5 Å². The Bertz CT molecular complexity index is 938. The fourth-order valence-electron chi connectivity index (χ4n) is 3.21. The number of carbonyl (C=O) groups is 1. The van der Waals surface area contributed by atoms with Gasteiger partial charge in [0.15, 0.2) is 11.0 Å². The number of aromatic nitrogens is 3. The fraction of sp³-hybridized carbons (Fsp3) is 0.526. The van der Waals surface area contributed by atoms with Gasteiger partial charge in [0, 0.05) is 20.1 Å². The first-order chi connectivity index (χ1) is 13.8. The van der Waals surface area contributed by atoms with Crippen molar-refractivity contribution in [2.24, 2.45) is 13.0 Å². The summed E-state index contributed by atoms with van der Waals surface area (Å²) in [6.45, 7) is 3.91. The van der Waals surface area contributed by atoms with Crippen molar-refractivity contribution in [3.05, 3.63) is 36.2 Å². The lowest BCUT2D eigenvalue weighted by molar-refractivity contribution is -0.129. The Hall–Kier alpha value is -2.07. The molecular weight excluding hydrogens is 410 g/mol. The average molecular weight is 438 g/mol. The van der Waals surface area contributed by atoms with Crippen LogP contribution in [0.4, 0.5) is 5.69 Å². The maximum absolute atomic E-state index is 12.5. The summed E-state index contributed by atoms with van der Waals surface area (Å²) < 4.78 is 27.6. The summed E-state index contributed by atoms with van der Waals surface area (Å²) in [5.41, 5.74) is 0.571. The quantitative estimate of drug-likeness (QED) is 0.617. The third-order valence-electron chi connectivity index (χ3n) is 5.12. The smallest absolute Gasteiger partial charge is 0.233 e. The highest BCUT2D eigenvalue weighted by atomic mass is 32.2. The Morgan fingerprint density at radius 2 is 1.86 bits per heavy atom. The number of hydrogen-bond donors (Lipinski definition) is 0. The SMILES string of the molecule is CC1CCN(C(=O)CSc2nnc(CN(c3ccccc3)S(C)(=O)=O)n2C)CC1. The molecule has 1 aliphatic rings. The Kier molecular flexibility index (Phi) is 6.84. The number of benzene rings is 1. The highest BCUT2D eigenvalue weighted by Gasteiger charge is 2.23. The molecule has 29 heavy (non-hydrogen) atoms. The molecule has 2 aromatic rings. The number of amides is 1. The van der Waals surface area contributed by atoms with Crippen LogP contribution in [-0.2, 0) is 28.4 Å². The third-order valence-corrected chi connectivity index (χ3v) is 7.26. The number of sulfonamides is 1. The van der Waals surface area contributed by atoms with Gasteiger partial charge in [-0.2, -0.15) is 0 Å². The summed E-state index contributed by atoms with van der Waals surface area (Å²) in [4.78, 5) is 14.4. The maximum atomic E-state index is 12.5. The van der Waals surface area contributed by atoms with E-state index in [4.69, 9.17) is 0 Å². The Balaban J connectivity index is 1.66. The molecular formula is C19H27N5O3S2. The van der Waals surface area contributed by atoms with Crippen molar-refractivity contribution < 1.29 is 13.2 Å². The van der Waals surface area contributed by atoms with Gasteiger partial charge in [0.2, 0.25) is 15.9 Å². The molecule has 1 fully saturated rings. The van der Waals surface area contributed by atoms with Crippen LogP contribution in [0.5, 0.6) is 0 Å². The predicted octanol–water partition coefficient (Wildman–Crippen LogP) is 2.13. The standard InChI is InChI=1S/C19H27N5O3S2/c1-15-9-11-23(12-10-15)18(25)14-28-19-21-20-17(22(19)2)13-24(29(3,26)27)16-7-5-4-6-8-16/h4-8,15H,9-14H2,1-3H3. The van der Waals surface area contributed by atoms with Gasteiger partial charge in [-0.25, -0.2) is 8.42 Å². The molecule has 1 aliphatic heterocycles. The zero-order chi connectivity index (χ0) is 21.0. The van der Waals surface area contributed by atoms with Crippen molar-refractivity contribution in [1.82, 2.24) is 19.7 Å². The van der Waals surface area contributed by atoms with E-state index in [1.165, 1.54) is 22.3 Å². The molecule has 2 heterocycles. The first kappa shape index (κ1) is 21.6. The Morgan fingerprint density at radius 1 is 1.21 bits per heavy atom. The number of para-hydroxylation sites is 1. The summed E-state index contributed by atoms with van der Waals surface area (Å²) in [5, 5.41) is 8.91. The van der Waals surface area contributed by atoms with Gasteiger partial charge in [0.1, 0.15) is 0 Å². The maximum Gasteiger partial charge on any atom is 0.233 e. The van der Waals surface area contributed by atoms with E-state index in [-0.39, 0.29) is 12.5 Å². The van der Waals surface area contributed by atoms with Gasteiger partial charge in [0.05, 0.1) is 24.2 Å². The van der Waals surface area contributed by atoms with E-state index in [0.29, 0.717) is 28.3 Å². The number of thioether (sulfide) groups is 1. The molecule has 0 spiro atoms. The average Bonchev–Trinajstić information content (AvgIpc) is 3.04. The molecule has 158 valence electrons. The molecule has 0 atom stereocenters. The Labute approximate surface area is 176 Å². The van der Waals surface area contributed by atoms with E-state index < -0.39 is 10.0 Å². The van der Waals surface area contributed by atoms with E-state index in [1.54, 1.807) is 35.9 Å². The van der Waals surface area contributed by atoms with Crippen LogP contribution in [0, 0.1) is 5.92 Å². The summed E-state index contributed by atoms with van der Waals surface area (Å²) >= 11 is 1.33. The zero-order valence-electron chi connectivity index (χ0n) is 17.0. The van der Waals surface area contributed by atoms with E-state index in [1.807, 2.05) is 11.0 Å². The van der Waals surface area contributed by atoms with Crippen LogP contribution in [0.25, 0.3) is 0 Å². The van der Waals surface area contributed by atoms with Crippen molar-refractivity contribution in [3.8, 4) is 0 Å². The molecule has 0 aliphatic carbocycles. The summed E-state index contributed by atoms with van der Waals surface area (Å²) in [6, 6.07) is 8.90. The lowest BCUT2D eigenvalue weighted by atomic mass is 9.99. The van der Waals surface area contributed by atoms with Crippen molar-refractivity contribution in [1.29, 1.82) is 0 Å². The number of nitrogens with zero attached hydrogens (tertiary/aromatic N) is 5. The lowest BCUT2D eigenvalue weighted by Gasteiger charge is -2.30. The highest BCUT2D eigenvalue weighted by molar-refractivity contribution is 7.99. The number of hydrogen-bond acceptors (Lipinski definition) is 6. The van der Waals surface area contributed by atoms with Crippen LogP contribution in [0.2, 0.25) is 0 Å². The van der Waals surface area contributed by atoms with Crippen molar-refractivity contribution in [3.63, 3.8) is 0 Å². The second kappa shape index (κ2) is 9.17. The van der Waals surface area contributed by atoms with E-state index >= 15 is 0 Å². The topological polar surface area (TPSA) is 88.4 Å². The van der Waals surface area contributed by atoms with Crippen LogP contribution in [0.3, 0.4) is 0 Å². The van der Waals surface area contributed by atoms with Crippen LogP contribution >= 0.6 is 11.8 Å². The molecule has 1 aromatic carbocycles. The van der Waals surface area contributed by atoms with Gasteiger partial charge in [-0.3, -0.25) is 9.10 Å². The second-order valence-corrected chi connectivity index (χ2v) is 10.3. The molecule has 0 radical (unpaired) electrons. The summed E-state index contributed by atoms with van der Waals surface area (Å²) in [5.74, 6) is 1.60. The highest BCUT2D eigenvalue weighted by Crippen LogP contribution is 2.23. The zero-order valence-corrected chi connectivity index (χ0v) is 18.6. The molecule has 1 saturated heterocycles. The molecule has 0 bridgehead atoms. The summed E-state index contributed by atoms with van der Waals surface area (Å²) in [6.07, 6.45) is 3.26. The van der Waals surface area contributed by atoms with Gasteiger partial charge in [-0.05, 0) is 30.9 Å². The molecule has 8 nitrogen and oxygen atoms in total. The van der Waals surface area contributed by atoms with E-state index in [9.17, 15) is 13.2 Å². The molecule has 10 heteroatoms. The second-order valence-electron chi connectivity index (χ2n) is 7.41. The number of likely N-dealkylation sites (tertiary alicyclic amines) is 1. The van der Waals surface area contributed by atoms with Crippen molar-refractivity contribution in [2.45, 2.75) is 31.5 Å². The van der Waals surface area contributed by atoms with E-state index in [2.05, 4.69) is 17.1 Å². The lowest BCUT2D eigenvalue weighted by Crippen LogP contribution is -2.38. The number of rotatable bonds is 7. The van der Waals surface area contributed by atoms with Crippen LogP contribution in [-0.4, -0.2) is 59.1 Å². The minimum atomic E-state index is -3.48. The molecule has 0 saturated carbocycles. The van der Waals surface area contributed by atoms with E-state index in [0.717, 1.165) is 25.9 Å². The molecule has 3 rings (SSSR count). The fourth-order valence-corrected chi connectivity index (χ4v) is 4.89. The van der Waals surface area contributed by atoms with Gasteiger partial charge in [-0.15, -0.1) is 10.2 Å². The normalized spacial score (nSPS) is 15.5. The predicted molar refractivity (Wildman–Crippen MR) is 114 cm³/mol. The van der Waals surface area contributed by atoms with Crippen LogP contribution in [0.1, 0.15) is 25.6 Å². The number of piperidine rings is 1. The van der Waals surface area contributed by atoms with Gasteiger partial charge in [0.25, 0.3) is 0 Å². The van der Waals surface area contributed by atoms with Gasteiger partial charge in [-0.1, -0.05) is 36.9 Å². The third kappa shape index (κ3) is 5.51. The first-order valence-corrected chi connectivity index (χ1v) is 12.4. The molecule has 1 aromatic heterocycles. The number of anilines is 1. The van der Waals surface area contributed by atoms with Gasteiger partial charge >= 0.3 is 0 Å². The van der Waals surface area contributed by atoms with Crippen LogP contribution < -0.4 is 4.31 Å². The van der Waals surface area contributed by atoms with Gasteiger partial charge < -0.3 is 9.47 Å². The van der Waals surface area contributed by atoms with Crippen molar-refractivity contribution >= 4 is 33.4 Å². The molecule has 0 N–H and O–H groups in total. The minimum Gasteiger partial charge on any atom is -0.342 e. The monoisotopic (exact) mass is 437 g/mol. The largest absolute Gasteiger partial charge is 0.342 e. The number of carbonyl (C=O) groups excluding carboxylic acids is 1. The van der Waals surface area contributed by atoms with Crippen molar-refractivity contribution in [2.75, 3.05) is 29.4 Å².